The number of hydrogen-bond donors (Lipinski definition) is 2. The van der Waals surface area contributed by atoms with Crippen molar-refractivity contribution in [1.29, 1.82) is 0 Å². The van der Waals surface area contributed by atoms with Crippen LogP contribution >= 0.6 is 0 Å². The number of nitrogens with zero attached hydrogens (tertiary/aromatic N) is 2. The minimum absolute atomic E-state index is 0.438. The molecule has 6 nitrogen and oxygen atoms in total. The van der Waals surface area contributed by atoms with Gasteiger partial charge in [-0.2, -0.15) is 0 Å². The molecule has 2 N–H and O–H groups in total. The van der Waals surface area contributed by atoms with Gasteiger partial charge in [0.2, 0.25) is 0 Å². The Labute approximate surface area is 105 Å². The van der Waals surface area contributed by atoms with E-state index >= 15 is 0 Å². The largest absolute Gasteiger partial charge is 0.480 e. The zero-order valence-electron chi connectivity index (χ0n) is 10.3. The van der Waals surface area contributed by atoms with Gasteiger partial charge in [-0.15, -0.1) is 0 Å². The highest BCUT2D eigenvalue weighted by atomic mass is 16.5. The van der Waals surface area contributed by atoms with Crippen LogP contribution in [0.1, 0.15) is 25.5 Å². The molecular formula is C12H17N3O3. The van der Waals surface area contributed by atoms with Gasteiger partial charge in [-0.05, 0) is 6.42 Å². The second-order valence-corrected chi connectivity index (χ2v) is 4.37. The number of aromatic nitrogens is 2. The Hall–Kier alpha value is -1.69. The topological polar surface area (TPSA) is 84.3 Å². The third-order valence-electron chi connectivity index (χ3n) is 3.21. The maximum Gasteiger partial charge on any atom is 0.329 e. The monoisotopic (exact) mass is 251 g/mol. The Bertz CT molecular complexity index is 430. The molecule has 6 heteroatoms. The van der Waals surface area contributed by atoms with E-state index in [4.69, 9.17) is 4.74 Å². The van der Waals surface area contributed by atoms with Crippen LogP contribution in [-0.2, 0) is 16.0 Å². The number of ether oxygens (including phenoxy) is 1. The molecule has 0 amide bonds. The minimum Gasteiger partial charge on any atom is -0.480 e. The van der Waals surface area contributed by atoms with Crippen molar-refractivity contribution < 1.29 is 14.6 Å². The first-order valence-electron chi connectivity index (χ1n) is 6.06. The number of rotatable bonds is 4. The summed E-state index contributed by atoms with van der Waals surface area (Å²) in [4.78, 5) is 19.7. The second kappa shape index (κ2) is 5.30. The summed E-state index contributed by atoms with van der Waals surface area (Å²) < 4.78 is 5.22. The summed E-state index contributed by atoms with van der Waals surface area (Å²) in [5, 5.41) is 12.5. The maximum absolute atomic E-state index is 11.5. The predicted molar refractivity (Wildman–Crippen MR) is 65.5 cm³/mol. The van der Waals surface area contributed by atoms with Crippen LogP contribution in [0.15, 0.2) is 12.4 Å². The van der Waals surface area contributed by atoms with E-state index in [2.05, 4.69) is 15.3 Å². The van der Waals surface area contributed by atoms with E-state index in [1.807, 2.05) is 6.92 Å². The van der Waals surface area contributed by atoms with Gasteiger partial charge in [-0.25, -0.2) is 14.8 Å². The summed E-state index contributed by atoms with van der Waals surface area (Å²) in [5.74, 6) is -0.298. The number of aryl methyl sites for hydroxylation is 1. The van der Waals surface area contributed by atoms with Crippen LogP contribution in [0.3, 0.4) is 0 Å². The molecule has 0 spiro atoms. The Morgan fingerprint density at radius 1 is 1.50 bits per heavy atom. The normalized spacial score (nSPS) is 18.3. The van der Waals surface area contributed by atoms with Crippen LogP contribution in [0.25, 0.3) is 0 Å². The SMILES string of the molecule is CCc1cc(NC2(C(=O)O)CCOCC2)ncn1. The van der Waals surface area contributed by atoms with Crippen molar-refractivity contribution in [2.75, 3.05) is 18.5 Å². The van der Waals surface area contributed by atoms with Gasteiger partial charge in [0.25, 0.3) is 0 Å². The Morgan fingerprint density at radius 3 is 2.83 bits per heavy atom. The van der Waals surface area contributed by atoms with Crippen molar-refractivity contribution in [3.8, 4) is 0 Å². The van der Waals surface area contributed by atoms with Crippen LogP contribution in [0, 0.1) is 0 Å². The fraction of sp³-hybridized carbons (Fsp3) is 0.583. The van der Waals surface area contributed by atoms with Crippen molar-refractivity contribution >= 4 is 11.8 Å². The zero-order chi connectivity index (χ0) is 13.0. The van der Waals surface area contributed by atoms with Crippen LogP contribution in [0.4, 0.5) is 5.82 Å². The molecule has 2 heterocycles. The van der Waals surface area contributed by atoms with Crippen LogP contribution in [0.2, 0.25) is 0 Å². The van der Waals surface area contributed by atoms with Gasteiger partial charge in [0.1, 0.15) is 17.7 Å². The third kappa shape index (κ3) is 2.59. The number of carboxylic acid groups (broad SMARTS) is 1. The van der Waals surface area contributed by atoms with Crippen molar-refractivity contribution in [2.24, 2.45) is 0 Å². The molecule has 1 aromatic rings. The average molecular weight is 251 g/mol. The lowest BCUT2D eigenvalue weighted by molar-refractivity contribution is -0.145. The molecule has 0 aromatic carbocycles. The van der Waals surface area contributed by atoms with Crippen molar-refractivity contribution in [3.05, 3.63) is 18.1 Å². The molecule has 1 aliphatic heterocycles. The summed E-state index contributed by atoms with van der Waals surface area (Å²) in [6.45, 7) is 2.89. The fourth-order valence-corrected chi connectivity index (χ4v) is 2.02. The van der Waals surface area contributed by atoms with E-state index in [1.165, 1.54) is 6.33 Å². The molecule has 0 unspecified atom stereocenters. The summed E-state index contributed by atoms with van der Waals surface area (Å²) in [7, 11) is 0. The Balaban J connectivity index is 2.20. The van der Waals surface area contributed by atoms with E-state index in [9.17, 15) is 9.90 Å². The molecule has 2 rings (SSSR count). The minimum atomic E-state index is -0.975. The molecule has 0 bridgehead atoms. The van der Waals surface area contributed by atoms with Crippen molar-refractivity contribution in [2.45, 2.75) is 31.7 Å². The van der Waals surface area contributed by atoms with Gasteiger partial charge >= 0.3 is 5.97 Å². The quantitative estimate of drug-likeness (QED) is 0.833. The van der Waals surface area contributed by atoms with E-state index in [1.54, 1.807) is 6.07 Å². The molecule has 0 saturated carbocycles. The third-order valence-corrected chi connectivity index (χ3v) is 3.21. The smallest absolute Gasteiger partial charge is 0.329 e. The lowest BCUT2D eigenvalue weighted by Crippen LogP contribution is -2.50. The molecule has 0 aliphatic carbocycles. The maximum atomic E-state index is 11.5. The van der Waals surface area contributed by atoms with Gasteiger partial charge in [-0.1, -0.05) is 6.92 Å². The summed E-state index contributed by atoms with van der Waals surface area (Å²) in [6.07, 6.45) is 3.12. The first kappa shape index (κ1) is 12.8. The number of carbonyl (C=O) groups is 1. The first-order chi connectivity index (χ1) is 8.66. The molecule has 1 aliphatic rings. The molecule has 0 radical (unpaired) electrons. The molecule has 98 valence electrons. The summed E-state index contributed by atoms with van der Waals surface area (Å²) in [6, 6.07) is 1.79. The predicted octanol–water partition coefficient (Wildman–Crippen LogP) is 1.08. The zero-order valence-corrected chi connectivity index (χ0v) is 10.3. The van der Waals surface area contributed by atoms with E-state index in [0.29, 0.717) is 31.9 Å². The number of aliphatic carboxylic acids is 1. The van der Waals surface area contributed by atoms with Gasteiger partial charge in [0.15, 0.2) is 0 Å². The standard InChI is InChI=1S/C12H17N3O3/c1-2-9-7-10(14-8-13-9)15-12(11(16)17)3-5-18-6-4-12/h7-8H,2-6H2,1H3,(H,16,17)(H,13,14,15). The molecule has 1 saturated heterocycles. The molecule has 1 fully saturated rings. The number of nitrogens with one attached hydrogen (secondary N) is 1. The highest BCUT2D eigenvalue weighted by Crippen LogP contribution is 2.25. The number of carboxylic acids is 1. The van der Waals surface area contributed by atoms with Gasteiger partial charge in [-0.3, -0.25) is 0 Å². The van der Waals surface area contributed by atoms with Gasteiger partial charge in [0.05, 0.1) is 0 Å². The van der Waals surface area contributed by atoms with Crippen molar-refractivity contribution in [1.82, 2.24) is 9.97 Å². The van der Waals surface area contributed by atoms with Crippen molar-refractivity contribution in [3.63, 3.8) is 0 Å². The lowest BCUT2D eigenvalue weighted by atomic mass is 9.90. The van der Waals surface area contributed by atoms with Gasteiger partial charge < -0.3 is 15.2 Å². The first-order valence-corrected chi connectivity index (χ1v) is 6.06. The van der Waals surface area contributed by atoms with Crippen LogP contribution in [0.5, 0.6) is 0 Å². The van der Waals surface area contributed by atoms with Crippen LogP contribution < -0.4 is 5.32 Å². The number of hydrogen-bond acceptors (Lipinski definition) is 5. The van der Waals surface area contributed by atoms with Gasteiger partial charge in [0, 0.05) is 37.8 Å². The van der Waals surface area contributed by atoms with Crippen LogP contribution in [-0.4, -0.2) is 39.8 Å². The highest BCUT2D eigenvalue weighted by Gasteiger charge is 2.40. The Kier molecular flexibility index (Phi) is 3.76. The van der Waals surface area contributed by atoms with E-state index < -0.39 is 11.5 Å². The molecule has 0 atom stereocenters. The number of anilines is 1. The fourth-order valence-electron chi connectivity index (χ4n) is 2.02. The summed E-state index contributed by atoms with van der Waals surface area (Å²) >= 11 is 0. The molecule has 18 heavy (non-hydrogen) atoms. The molecular weight excluding hydrogens is 234 g/mol. The molecule has 1 aromatic heterocycles. The van der Waals surface area contributed by atoms with E-state index in [-0.39, 0.29) is 0 Å². The lowest BCUT2D eigenvalue weighted by Gasteiger charge is -2.34. The second-order valence-electron chi connectivity index (χ2n) is 4.37. The summed E-state index contributed by atoms with van der Waals surface area (Å²) in [5.41, 5.74) is -0.0856. The Morgan fingerprint density at radius 2 is 2.22 bits per heavy atom. The average Bonchev–Trinajstić information content (AvgIpc) is 2.40. The van der Waals surface area contributed by atoms with E-state index in [0.717, 1.165) is 12.1 Å². The highest BCUT2D eigenvalue weighted by molar-refractivity contribution is 5.82.